The van der Waals surface area contributed by atoms with Crippen molar-refractivity contribution in [3.8, 4) is 0 Å². The van der Waals surface area contributed by atoms with Crippen molar-refractivity contribution in [1.29, 1.82) is 0 Å². The highest BCUT2D eigenvalue weighted by molar-refractivity contribution is 4.91. The first kappa shape index (κ1) is 8.55. The van der Waals surface area contributed by atoms with Gasteiger partial charge in [-0.2, -0.15) is 0 Å². The Morgan fingerprint density at radius 2 is 1.75 bits per heavy atom. The molecule has 0 bridgehead atoms. The van der Waals surface area contributed by atoms with Crippen LogP contribution in [0, 0.1) is 11.8 Å². The molecule has 0 aromatic carbocycles. The molecule has 1 saturated heterocycles. The lowest BCUT2D eigenvalue weighted by Crippen LogP contribution is -2.22. The average molecular weight is 167 g/mol. The molecule has 1 heterocycles. The van der Waals surface area contributed by atoms with Gasteiger partial charge >= 0.3 is 0 Å². The summed E-state index contributed by atoms with van der Waals surface area (Å²) in [6, 6.07) is 0. The highest BCUT2D eigenvalue weighted by Gasteiger charge is 2.38. The number of fused-ring (bicyclic) bond motifs is 1. The summed E-state index contributed by atoms with van der Waals surface area (Å²) in [5, 5.41) is 0. The molecule has 0 spiro atoms. The third kappa shape index (κ3) is 1.66. The molecular weight excluding hydrogens is 146 g/mol. The molecule has 1 heteroatoms. The minimum Gasteiger partial charge on any atom is -0.303 e. The van der Waals surface area contributed by atoms with Crippen LogP contribution >= 0.6 is 0 Å². The van der Waals surface area contributed by atoms with Gasteiger partial charge in [0.25, 0.3) is 0 Å². The molecule has 1 aliphatic heterocycles. The molecule has 0 N–H and O–H groups in total. The number of hydrogen-bond donors (Lipinski definition) is 0. The minimum atomic E-state index is 1.10. The summed E-state index contributed by atoms with van der Waals surface area (Å²) >= 11 is 0. The molecule has 12 heavy (non-hydrogen) atoms. The molecule has 1 aliphatic carbocycles. The van der Waals surface area contributed by atoms with Gasteiger partial charge in [-0.05, 0) is 37.6 Å². The maximum absolute atomic E-state index is 2.69. The van der Waals surface area contributed by atoms with Crippen molar-refractivity contribution in [1.82, 2.24) is 4.90 Å². The van der Waals surface area contributed by atoms with Gasteiger partial charge in [-0.15, -0.1) is 0 Å². The highest BCUT2D eigenvalue weighted by Crippen LogP contribution is 2.40. The van der Waals surface area contributed by atoms with Gasteiger partial charge in [0, 0.05) is 13.1 Å². The predicted octanol–water partition coefficient (Wildman–Crippen LogP) is 2.52. The van der Waals surface area contributed by atoms with Crippen LogP contribution in [0.3, 0.4) is 0 Å². The Labute approximate surface area is 76.1 Å². The Morgan fingerprint density at radius 3 is 2.25 bits per heavy atom. The topological polar surface area (TPSA) is 3.24 Å². The average Bonchev–Trinajstić information content (AvgIpc) is 2.31. The maximum Gasteiger partial charge on any atom is 0.00129 e. The standard InChI is InChI=1S/C11H21N/c1-2-3-4-7-12-8-10-5-6-11(10)9-12/h10-11H,2-9H2,1H3/t10-,11+. The first-order chi connectivity index (χ1) is 5.90. The van der Waals surface area contributed by atoms with E-state index in [1.807, 2.05) is 0 Å². The molecule has 0 unspecified atom stereocenters. The van der Waals surface area contributed by atoms with E-state index in [9.17, 15) is 0 Å². The second-order valence-corrected chi connectivity index (χ2v) is 4.56. The zero-order valence-electron chi connectivity index (χ0n) is 8.26. The van der Waals surface area contributed by atoms with Gasteiger partial charge in [0.2, 0.25) is 0 Å². The molecule has 0 radical (unpaired) electrons. The monoisotopic (exact) mass is 167 g/mol. The fraction of sp³-hybridized carbons (Fsp3) is 1.00. The summed E-state index contributed by atoms with van der Waals surface area (Å²) < 4.78 is 0. The van der Waals surface area contributed by atoms with Crippen molar-refractivity contribution in [2.45, 2.75) is 39.0 Å². The zero-order valence-corrected chi connectivity index (χ0v) is 8.26. The van der Waals surface area contributed by atoms with Crippen LogP contribution in [0.4, 0.5) is 0 Å². The lowest BCUT2D eigenvalue weighted by molar-refractivity contribution is 0.243. The molecule has 0 aromatic rings. The van der Waals surface area contributed by atoms with E-state index < -0.39 is 0 Å². The molecule has 0 amide bonds. The lowest BCUT2D eigenvalue weighted by Gasteiger charge is -2.28. The van der Waals surface area contributed by atoms with Gasteiger partial charge < -0.3 is 4.90 Å². The van der Waals surface area contributed by atoms with Crippen molar-refractivity contribution in [2.24, 2.45) is 11.8 Å². The van der Waals surface area contributed by atoms with Crippen molar-refractivity contribution in [3.05, 3.63) is 0 Å². The van der Waals surface area contributed by atoms with Crippen LogP contribution < -0.4 is 0 Å². The smallest absolute Gasteiger partial charge is 0.00129 e. The van der Waals surface area contributed by atoms with E-state index in [0.29, 0.717) is 0 Å². The summed E-state index contributed by atoms with van der Waals surface area (Å²) in [5.74, 6) is 2.21. The number of hydrogen-bond acceptors (Lipinski definition) is 1. The van der Waals surface area contributed by atoms with Crippen LogP contribution in [0.2, 0.25) is 0 Å². The van der Waals surface area contributed by atoms with E-state index in [0.717, 1.165) is 11.8 Å². The van der Waals surface area contributed by atoms with Crippen molar-refractivity contribution in [3.63, 3.8) is 0 Å². The summed E-state index contributed by atoms with van der Waals surface area (Å²) in [6.45, 7) is 6.51. The predicted molar refractivity (Wildman–Crippen MR) is 52.2 cm³/mol. The van der Waals surface area contributed by atoms with Crippen molar-refractivity contribution in [2.75, 3.05) is 19.6 Å². The van der Waals surface area contributed by atoms with Crippen LogP contribution in [0.5, 0.6) is 0 Å². The van der Waals surface area contributed by atoms with Gasteiger partial charge in [0.05, 0.1) is 0 Å². The Morgan fingerprint density at radius 1 is 1.08 bits per heavy atom. The van der Waals surface area contributed by atoms with Gasteiger partial charge in [0.1, 0.15) is 0 Å². The number of unbranched alkanes of at least 4 members (excludes halogenated alkanes) is 2. The highest BCUT2D eigenvalue weighted by atomic mass is 15.2. The summed E-state index contributed by atoms with van der Waals surface area (Å²) in [7, 11) is 0. The second kappa shape index (κ2) is 3.78. The molecule has 0 aromatic heterocycles. The van der Waals surface area contributed by atoms with E-state index in [1.54, 1.807) is 0 Å². The van der Waals surface area contributed by atoms with E-state index in [2.05, 4.69) is 11.8 Å². The summed E-state index contributed by atoms with van der Waals surface area (Å²) in [6.07, 6.45) is 7.26. The third-order valence-electron chi connectivity index (χ3n) is 3.64. The summed E-state index contributed by atoms with van der Waals surface area (Å²) in [5.41, 5.74) is 0. The van der Waals surface area contributed by atoms with Crippen LogP contribution in [-0.4, -0.2) is 24.5 Å². The largest absolute Gasteiger partial charge is 0.303 e. The Balaban J connectivity index is 1.63. The van der Waals surface area contributed by atoms with E-state index in [1.165, 1.54) is 51.7 Å². The fourth-order valence-corrected chi connectivity index (χ4v) is 2.62. The molecule has 70 valence electrons. The first-order valence-electron chi connectivity index (χ1n) is 5.62. The quantitative estimate of drug-likeness (QED) is 0.582. The zero-order chi connectivity index (χ0) is 8.39. The number of rotatable bonds is 4. The molecular formula is C11H21N. The molecule has 2 atom stereocenters. The van der Waals surface area contributed by atoms with Gasteiger partial charge in [0.15, 0.2) is 0 Å². The number of likely N-dealkylation sites (tertiary alicyclic amines) is 1. The molecule has 2 fully saturated rings. The number of nitrogens with zero attached hydrogens (tertiary/aromatic N) is 1. The first-order valence-corrected chi connectivity index (χ1v) is 5.62. The third-order valence-corrected chi connectivity index (χ3v) is 3.64. The lowest BCUT2D eigenvalue weighted by atomic mass is 9.77. The molecule has 1 saturated carbocycles. The minimum absolute atomic E-state index is 1.10. The Kier molecular flexibility index (Phi) is 2.69. The van der Waals surface area contributed by atoms with Crippen LogP contribution in [-0.2, 0) is 0 Å². The summed E-state index contributed by atoms with van der Waals surface area (Å²) in [4.78, 5) is 2.69. The van der Waals surface area contributed by atoms with Crippen LogP contribution in [0.1, 0.15) is 39.0 Å². The van der Waals surface area contributed by atoms with E-state index >= 15 is 0 Å². The molecule has 1 nitrogen and oxygen atoms in total. The van der Waals surface area contributed by atoms with Crippen LogP contribution in [0.15, 0.2) is 0 Å². The normalized spacial score (nSPS) is 34.8. The van der Waals surface area contributed by atoms with E-state index in [4.69, 9.17) is 0 Å². The van der Waals surface area contributed by atoms with Gasteiger partial charge in [-0.1, -0.05) is 19.8 Å². The fourth-order valence-electron chi connectivity index (χ4n) is 2.62. The van der Waals surface area contributed by atoms with Crippen LogP contribution in [0.25, 0.3) is 0 Å². The van der Waals surface area contributed by atoms with E-state index in [-0.39, 0.29) is 0 Å². The van der Waals surface area contributed by atoms with Gasteiger partial charge in [-0.25, -0.2) is 0 Å². The Bertz CT molecular complexity index is 132. The second-order valence-electron chi connectivity index (χ2n) is 4.56. The molecule has 2 rings (SSSR count). The Hall–Kier alpha value is -0.0400. The van der Waals surface area contributed by atoms with Gasteiger partial charge in [-0.3, -0.25) is 0 Å². The maximum atomic E-state index is 2.69. The SMILES string of the molecule is CCCCCN1C[C@H]2CC[C@H]2C1. The van der Waals surface area contributed by atoms with Crippen molar-refractivity contribution < 1.29 is 0 Å². The molecule has 2 aliphatic rings. The van der Waals surface area contributed by atoms with Crippen molar-refractivity contribution >= 4 is 0 Å².